The molecule has 1 fully saturated rings. The number of carbonyl (C=O) groups excluding carboxylic acids is 1. The van der Waals surface area contributed by atoms with E-state index in [-0.39, 0.29) is 18.7 Å². The fourth-order valence-corrected chi connectivity index (χ4v) is 2.67. The van der Waals surface area contributed by atoms with E-state index in [0.29, 0.717) is 28.8 Å². The zero-order valence-corrected chi connectivity index (χ0v) is 12.8. The fourth-order valence-electron chi connectivity index (χ4n) is 2.44. The molecule has 1 heterocycles. The summed E-state index contributed by atoms with van der Waals surface area (Å²) in [5.41, 5.74) is 0.479. The van der Waals surface area contributed by atoms with Crippen molar-refractivity contribution < 1.29 is 19.4 Å². The zero-order valence-electron chi connectivity index (χ0n) is 12.1. The summed E-state index contributed by atoms with van der Waals surface area (Å²) in [4.78, 5) is 13.9. The van der Waals surface area contributed by atoms with Crippen LogP contribution in [0.3, 0.4) is 0 Å². The van der Waals surface area contributed by atoms with E-state index < -0.39 is 0 Å². The number of rotatable bonds is 4. The van der Waals surface area contributed by atoms with E-state index in [4.69, 9.17) is 21.1 Å². The third kappa shape index (κ3) is 3.33. The van der Waals surface area contributed by atoms with Gasteiger partial charge in [-0.2, -0.15) is 0 Å². The molecule has 0 saturated carbocycles. The van der Waals surface area contributed by atoms with Crippen molar-refractivity contribution in [1.29, 1.82) is 0 Å². The van der Waals surface area contributed by atoms with Crippen molar-refractivity contribution in [2.75, 3.05) is 32.7 Å². The maximum atomic E-state index is 12.3. The van der Waals surface area contributed by atoms with Crippen LogP contribution in [-0.4, -0.2) is 49.5 Å². The van der Waals surface area contributed by atoms with Crippen LogP contribution in [0.15, 0.2) is 12.1 Å². The second kappa shape index (κ2) is 6.87. The first-order valence-corrected chi connectivity index (χ1v) is 7.08. The molecule has 2 amide bonds. The Morgan fingerprint density at radius 1 is 1.43 bits per heavy atom. The lowest BCUT2D eigenvalue weighted by Gasteiger charge is -2.24. The number of nitrogens with one attached hydrogen (secondary N) is 1. The zero-order chi connectivity index (χ0) is 15.4. The maximum absolute atomic E-state index is 12.3. The van der Waals surface area contributed by atoms with Crippen molar-refractivity contribution in [1.82, 2.24) is 4.90 Å². The van der Waals surface area contributed by atoms with Gasteiger partial charge in [0.25, 0.3) is 0 Å². The Morgan fingerprint density at radius 3 is 2.76 bits per heavy atom. The van der Waals surface area contributed by atoms with Crippen molar-refractivity contribution in [3.8, 4) is 11.5 Å². The van der Waals surface area contributed by atoms with Crippen LogP contribution < -0.4 is 14.8 Å². The number of halogens is 1. The van der Waals surface area contributed by atoms with E-state index in [2.05, 4.69) is 5.32 Å². The predicted molar refractivity (Wildman–Crippen MR) is 80.4 cm³/mol. The summed E-state index contributed by atoms with van der Waals surface area (Å²) in [5.74, 6) is 0.904. The van der Waals surface area contributed by atoms with E-state index in [0.717, 1.165) is 12.8 Å². The Bertz CT molecular complexity index is 524. The van der Waals surface area contributed by atoms with Crippen LogP contribution in [0.1, 0.15) is 12.8 Å². The Kier molecular flexibility index (Phi) is 5.14. The molecule has 0 bridgehead atoms. The van der Waals surface area contributed by atoms with Crippen LogP contribution >= 0.6 is 11.6 Å². The molecular weight excluding hydrogens is 296 g/mol. The predicted octanol–water partition coefficient (Wildman–Crippen LogP) is 2.35. The first-order valence-electron chi connectivity index (χ1n) is 6.70. The normalized spacial score (nSPS) is 17.7. The van der Waals surface area contributed by atoms with Crippen molar-refractivity contribution in [3.63, 3.8) is 0 Å². The van der Waals surface area contributed by atoms with Gasteiger partial charge < -0.3 is 24.8 Å². The van der Waals surface area contributed by atoms with Crippen molar-refractivity contribution in [2.24, 2.45) is 0 Å². The number of methoxy groups -OCH3 is 2. The number of aliphatic hydroxyl groups excluding tert-OH is 1. The molecule has 1 aliphatic rings. The minimum absolute atomic E-state index is 0.0332. The van der Waals surface area contributed by atoms with Crippen LogP contribution in [0.2, 0.25) is 5.02 Å². The molecule has 6 nitrogen and oxygen atoms in total. The van der Waals surface area contributed by atoms with Crippen molar-refractivity contribution in [2.45, 2.75) is 18.9 Å². The van der Waals surface area contributed by atoms with Gasteiger partial charge in [-0.15, -0.1) is 0 Å². The Labute approximate surface area is 128 Å². The highest BCUT2D eigenvalue weighted by molar-refractivity contribution is 6.32. The highest BCUT2D eigenvalue weighted by Gasteiger charge is 2.28. The maximum Gasteiger partial charge on any atom is 0.322 e. The molecule has 7 heteroatoms. The SMILES string of the molecule is COc1cc(NC(=O)N2CCC[C@@H]2CO)c(OC)cc1Cl. The lowest BCUT2D eigenvalue weighted by molar-refractivity contribution is 0.166. The van der Waals surface area contributed by atoms with Gasteiger partial charge in [-0.05, 0) is 12.8 Å². The Hall–Kier alpha value is -1.66. The largest absolute Gasteiger partial charge is 0.495 e. The third-order valence-electron chi connectivity index (χ3n) is 3.56. The number of anilines is 1. The highest BCUT2D eigenvalue weighted by atomic mass is 35.5. The van der Waals surface area contributed by atoms with Gasteiger partial charge in [0, 0.05) is 18.7 Å². The van der Waals surface area contributed by atoms with Gasteiger partial charge in [0.1, 0.15) is 11.5 Å². The first kappa shape index (κ1) is 15.7. The lowest BCUT2D eigenvalue weighted by atomic mass is 10.2. The number of hydrogen-bond acceptors (Lipinski definition) is 4. The molecule has 0 aromatic heterocycles. The number of carbonyl (C=O) groups is 1. The number of likely N-dealkylation sites (tertiary alicyclic amines) is 1. The van der Waals surface area contributed by atoms with Crippen molar-refractivity contribution >= 4 is 23.3 Å². The minimum atomic E-state index is -0.269. The molecule has 0 aliphatic carbocycles. The number of nitrogens with zero attached hydrogens (tertiary/aromatic N) is 1. The van der Waals surface area contributed by atoms with Gasteiger partial charge >= 0.3 is 6.03 Å². The average molecular weight is 315 g/mol. The molecule has 1 aromatic carbocycles. The van der Waals surface area contributed by atoms with Crippen LogP contribution in [-0.2, 0) is 0 Å². The smallest absolute Gasteiger partial charge is 0.322 e. The second-order valence-corrected chi connectivity index (χ2v) is 5.20. The van der Waals surface area contributed by atoms with Crippen LogP contribution in [0, 0.1) is 0 Å². The first-order chi connectivity index (χ1) is 10.1. The summed E-state index contributed by atoms with van der Waals surface area (Å²) in [5, 5.41) is 12.5. The van der Waals surface area contributed by atoms with E-state index in [9.17, 15) is 9.90 Å². The summed E-state index contributed by atoms with van der Waals surface area (Å²) in [6.45, 7) is 0.596. The van der Waals surface area contributed by atoms with Gasteiger partial charge in [0.05, 0.1) is 37.6 Å². The van der Waals surface area contributed by atoms with Crippen LogP contribution in [0.4, 0.5) is 10.5 Å². The second-order valence-electron chi connectivity index (χ2n) is 4.79. The summed E-state index contributed by atoms with van der Waals surface area (Å²) in [6, 6.07) is 2.80. The molecule has 2 rings (SSSR count). The quantitative estimate of drug-likeness (QED) is 0.895. The topological polar surface area (TPSA) is 71.0 Å². The molecular formula is C14H19ClN2O4. The molecule has 116 valence electrons. The van der Waals surface area contributed by atoms with Gasteiger partial charge in [-0.25, -0.2) is 4.79 Å². The molecule has 0 spiro atoms. The minimum Gasteiger partial charge on any atom is -0.495 e. The summed E-state index contributed by atoms with van der Waals surface area (Å²) in [6.07, 6.45) is 1.70. The van der Waals surface area contributed by atoms with Crippen molar-refractivity contribution in [3.05, 3.63) is 17.2 Å². The number of hydrogen-bond donors (Lipinski definition) is 2. The number of urea groups is 1. The van der Waals surface area contributed by atoms with Crippen LogP contribution in [0.25, 0.3) is 0 Å². The van der Waals surface area contributed by atoms with Gasteiger partial charge in [-0.1, -0.05) is 11.6 Å². The molecule has 2 N–H and O–H groups in total. The number of aliphatic hydroxyl groups is 1. The Morgan fingerprint density at radius 2 is 2.14 bits per heavy atom. The summed E-state index contributed by atoms with van der Waals surface area (Å²) in [7, 11) is 3.00. The number of benzene rings is 1. The Balaban J connectivity index is 2.20. The highest BCUT2D eigenvalue weighted by Crippen LogP contribution is 2.36. The molecule has 0 radical (unpaired) electrons. The van der Waals surface area contributed by atoms with Crippen LogP contribution in [0.5, 0.6) is 11.5 Å². The molecule has 1 aromatic rings. The monoisotopic (exact) mass is 314 g/mol. The summed E-state index contributed by atoms with van der Waals surface area (Å²) < 4.78 is 10.4. The molecule has 1 atom stereocenters. The third-order valence-corrected chi connectivity index (χ3v) is 3.86. The number of amides is 2. The van der Waals surface area contributed by atoms with E-state index in [1.165, 1.54) is 14.2 Å². The van der Waals surface area contributed by atoms with E-state index in [1.54, 1.807) is 17.0 Å². The van der Waals surface area contributed by atoms with Gasteiger partial charge in [0.15, 0.2) is 0 Å². The fraction of sp³-hybridized carbons (Fsp3) is 0.500. The van der Waals surface area contributed by atoms with Gasteiger partial charge in [0.2, 0.25) is 0 Å². The lowest BCUT2D eigenvalue weighted by Crippen LogP contribution is -2.40. The average Bonchev–Trinajstić information content (AvgIpc) is 2.97. The molecule has 1 aliphatic heterocycles. The molecule has 0 unspecified atom stereocenters. The van der Waals surface area contributed by atoms with E-state index in [1.807, 2.05) is 0 Å². The van der Waals surface area contributed by atoms with E-state index >= 15 is 0 Å². The number of ether oxygens (including phenoxy) is 2. The molecule has 1 saturated heterocycles. The molecule has 21 heavy (non-hydrogen) atoms. The standard InChI is InChI=1S/C14H19ClN2O4/c1-20-12-7-11(13(21-2)6-10(12)15)16-14(19)17-5-3-4-9(17)8-18/h6-7,9,18H,3-5,8H2,1-2H3,(H,16,19)/t9-/m1/s1. The van der Waals surface area contributed by atoms with Gasteiger partial charge in [-0.3, -0.25) is 0 Å². The summed E-state index contributed by atoms with van der Waals surface area (Å²) >= 11 is 6.03.